The quantitative estimate of drug-likeness (QED) is 0.276. The van der Waals surface area contributed by atoms with Crippen LogP contribution in [0.2, 0.25) is 0 Å². The van der Waals surface area contributed by atoms with Crippen molar-refractivity contribution in [2.75, 3.05) is 13.7 Å². The molecule has 3 N–H and O–H groups in total. The lowest BCUT2D eigenvalue weighted by Crippen LogP contribution is -2.60. The summed E-state index contributed by atoms with van der Waals surface area (Å²) in [4.78, 5) is 57.3. The molecule has 0 radical (unpaired) electrons. The summed E-state index contributed by atoms with van der Waals surface area (Å²) in [5.74, 6) is -2.49. The fourth-order valence-electron chi connectivity index (χ4n) is 7.66. The molecule has 4 fully saturated rings. The van der Waals surface area contributed by atoms with E-state index in [0.29, 0.717) is 12.8 Å². The van der Waals surface area contributed by atoms with Crippen molar-refractivity contribution >= 4 is 33.8 Å². The van der Waals surface area contributed by atoms with E-state index in [1.165, 1.54) is 18.1 Å². The first-order valence-corrected chi connectivity index (χ1v) is 19.6. The van der Waals surface area contributed by atoms with Crippen LogP contribution in [0.1, 0.15) is 77.7 Å². The van der Waals surface area contributed by atoms with Crippen LogP contribution in [0.4, 0.5) is 4.79 Å². The van der Waals surface area contributed by atoms with Crippen LogP contribution in [-0.2, 0) is 46.5 Å². The zero-order chi connectivity index (χ0) is 37.6. The van der Waals surface area contributed by atoms with Crippen LogP contribution in [-0.4, -0.2) is 84.3 Å². The van der Waals surface area contributed by atoms with Crippen LogP contribution in [0.25, 0.3) is 11.3 Å². The minimum Gasteiger partial charge on any atom is -0.446 e. The number of ether oxygens (including phenoxy) is 2. The van der Waals surface area contributed by atoms with Crippen molar-refractivity contribution in [2.45, 2.75) is 107 Å². The third-order valence-electron chi connectivity index (χ3n) is 11.2. The van der Waals surface area contributed by atoms with Crippen LogP contribution in [0.3, 0.4) is 0 Å². The topological polar surface area (TPSA) is 165 Å². The van der Waals surface area contributed by atoms with E-state index in [2.05, 4.69) is 21.9 Å². The van der Waals surface area contributed by atoms with E-state index in [4.69, 9.17) is 9.47 Å². The van der Waals surface area contributed by atoms with E-state index in [0.717, 1.165) is 42.5 Å². The lowest BCUT2D eigenvalue weighted by Gasteiger charge is -2.36. The lowest BCUT2D eigenvalue weighted by atomic mass is 9.85. The van der Waals surface area contributed by atoms with Crippen molar-refractivity contribution in [3.05, 3.63) is 60.8 Å². The van der Waals surface area contributed by atoms with Gasteiger partial charge in [-0.05, 0) is 73.6 Å². The van der Waals surface area contributed by atoms with Crippen LogP contribution in [0.15, 0.2) is 55.3 Å². The maximum atomic E-state index is 14.7. The first-order valence-electron chi connectivity index (χ1n) is 18.1. The fraction of sp³-hybridized carbons (Fsp3) is 0.579. The predicted molar refractivity (Wildman–Crippen MR) is 194 cm³/mol. The summed E-state index contributed by atoms with van der Waals surface area (Å²) < 4.78 is 41.5. The normalized spacial score (nSPS) is 26.8. The highest BCUT2D eigenvalue weighted by molar-refractivity contribution is 7.91. The molecule has 52 heavy (non-hydrogen) atoms. The number of hydrogen-bond donors (Lipinski definition) is 3. The number of alkyl carbamates (subject to hydrolysis) is 1. The number of benzene rings is 1. The van der Waals surface area contributed by atoms with Gasteiger partial charge in [-0.25, -0.2) is 13.2 Å². The summed E-state index contributed by atoms with van der Waals surface area (Å²) in [5.41, 5.74) is -0.750. The Balaban J connectivity index is 1.32. The second-order valence-corrected chi connectivity index (χ2v) is 17.9. The van der Waals surface area contributed by atoms with E-state index in [9.17, 15) is 27.6 Å². The molecule has 3 saturated carbocycles. The van der Waals surface area contributed by atoms with Crippen molar-refractivity contribution < 1.29 is 37.1 Å². The minimum atomic E-state index is -3.89. The molecular formula is C38H51N5O8S. The summed E-state index contributed by atoms with van der Waals surface area (Å²) in [6.45, 7) is 9.22. The maximum absolute atomic E-state index is 14.7. The number of amides is 4. The first-order chi connectivity index (χ1) is 24.5. The van der Waals surface area contributed by atoms with E-state index in [1.807, 2.05) is 75.0 Å². The smallest absolute Gasteiger partial charge is 0.408 e. The van der Waals surface area contributed by atoms with Crippen molar-refractivity contribution in [2.24, 2.45) is 18.4 Å². The van der Waals surface area contributed by atoms with E-state index in [-0.39, 0.29) is 25.5 Å². The number of aromatic nitrogens is 1. The molecule has 3 aliphatic carbocycles. The Bertz CT molecular complexity index is 1830. The molecule has 1 aromatic heterocycles. The minimum absolute atomic E-state index is 0.0317. The molecule has 1 saturated heterocycles. The van der Waals surface area contributed by atoms with Gasteiger partial charge in [0.1, 0.15) is 29.3 Å². The van der Waals surface area contributed by atoms with Crippen LogP contribution in [0.5, 0.6) is 0 Å². The highest BCUT2D eigenvalue weighted by atomic mass is 32.2. The average molecular weight is 738 g/mol. The van der Waals surface area contributed by atoms with E-state index < -0.39 is 73.6 Å². The Morgan fingerprint density at radius 1 is 1.02 bits per heavy atom. The van der Waals surface area contributed by atoms with Gasteiger partial charge in [-0.3, -0.25) is 19.1 Å². The molecule has 1 aromatic carbocycles. The lowest BCUT2D eigenvalue weighted by molar-refractivity contribution is -0.143. The Kier molecular flexibility index (Phi) is 10.1. The van der Waals surface area contributed by atoms with Crippen molar-refractivity contribution in [3.63, 3.8) is 0 Å². The number of nitrogens with zero attached hydrogens (tertiary/aromatic N) is 2. The van der Waals surface area contributed by atoms with E-state index >= 15 is 0 Å². The predicted octanol–water partition coefficient (Wildman–Crippen LogP) is 3.89. The molecule has 5 atom stereocenters. The number of sulfonamides is 1. The molecular weight excluding hydrogens is 687 g/mol. The number of methoxy groups -OCH3 is 1. The second-order valence-electron chi connectivity index (χ2n) is 15.9. The molecule has 1 aliphatic heterocycles. The molecule has 0 unspecified atom stereocenters. The van der Waals surface area contributed by atoms with Crippen molar-refractivity contribution in [1.82, 2.24) is 24.8 Å². The van der Waals surface area contributed by atoms with Gasteiger partial charge in [0.05, 0.1) is 11.8 Å². The molecule has 14 heteroatoms. The number of carbonyl (C=O) groups excluding carboxylic acids is 4. The third-order valence-corrected chi connectivity index (χ3v) is 13.0. The molecule has 4 aliphatic rings. The number of aryl methyl sites for hydroxylation is 1. The zero-order valence-electron chi connectivity index (χ0n) is 30.6. The average Bonchev–Trinajstić information content (AvgIpc) is 3.91. The Morgan fingerprint density at radius 2 is 1.69 bits per heavy atom. The van der Waals surface area contributed by atoms with Gasteiger partial charge in [0.25, 0.3) is 5.91 Å². The standard InChI is InChI=1S/C38H51N5O8S/c1-7-25-21-38(25,34(46)41-52(48,49)28-18-19-28)40-32(44)30-22-37(50-6,26-16-14-24(15-17-26)29-13-10-20-42(29)5)23-43(30)33(45)31(36(2,3)4)39-35(47)51-27-11-8-9-12-27/h7,10,13-17,20,25,27-28,30-31H,1,8-9,11-12,18-19,21-23H2,2-6H3,(H,39,47)(H,40,44)(H,41,46)/t25-,30+,31-,37+,38-/m1/s1. The zero-order valence-corrected chi connectivity index (χ0v) is 31.5. The molecule has 13 nitrogen and oxygen atoms in total. The summed E-state index contributed by atoms with van der Waals surface area (Å²) >= 11 is 0. The molecule has 0 bridgehead atoms. The molecule has 2 heterocycles. The van der Waals surface area contributed by atoms with Crippen LogP contribution < -0.4 is 15.4 Å². The Labute approximate surface area is 305 Å². The molecule has 0 spiro atoms. The maximum Gasteiger partial charge on any atom is 0.408 e. The number of hydrogen-bond acceptors (Lipinski definition) is 8. The van der Waals surface area contributed by atoms with Crippen LogP contribution >= 0.6 is 0 Å². The van der Waals surface area contributed by atoms with Gasteiger partial charge in [0.15, 0.2) is 0 Å². The van der Waals surface area contributed by atoms with Gasteiger partial charge in [0.2, 0.25) is 21.8 Å². The second kappa shape index (κ2) is 14.0. The monoisotopic (exact) mass is 737 g/mol. The Hall–Kier alpha value is -4.17. The summed E-state index contributed by atoms with van der Waals surface area (Å²) in [7, 11) is -0.410. The molecule has 2 aromatic rings. The van der Waals surface area contributed by atoms with Gasteiger partial charge >= 0.3 is 6.09 Å². The van der Waals surface area contributed by atoms with Crippen molar-refractivity contribution in [3.8, 4) is 11.3 Å². The van der Waals surface area contributed by atoms with Gasteiger partial charge in [-0.2, -0.15) is 0 Å². The summed E-state index contributed by atoms with van der Waals surface area (Å²) in [5, 5.41) is 5.01. The highest BCUT2D eigenvalue weighted by Gasteiger charge is 2.62. The van der Waals surface area contributed by atoms with Gasteiger partial charge in [0, 0.05) is 38.4 Å². The number of likely N-dealkylation sites (tertiary alicyclic amines) is 1. The first kappa shape index (κ1) is 37.6. The number of carbonyl (C=O) groups is 4. The van der Waals surface area contributed by atoms with Crippen molar-refractivity contribution in [1.29, 1.82) is 0 Å². The highest BCUT2D eigenvalue weighted by Crippen LogP contribution is 2.47. The fourth-order valence-corrected chi connectivity index (χ4v) is 9.03. The van der Waals surface area contributed by atoms with Crippen LogP contribution in [0, 0.1) is 11.3 Å². The summed E-state index contributed by atoms with van der Waals surface area (Å²) in [6.07, 6.45) is 7.13. The molecule has 4 amide bonds. The number of rotatable bonds is 12. The Morgan fingerprint density at radius 3 is 2.23 bits per heavy atom. The number of nitrogens with one attached hydrogen (secondary N) is 3. The van der Waals surface area contributed by atoms with Gasteiger partial charge in [-0.1, -0.05) is 51.1 Å². The molecule has 6 rings (SSSR count). The largest absolute Gasteiger partial charge is 0.446 e. The molecule has 282 valence electrons. The van der Waals surface area contributed by atoms with Gasteiger partial charge < -0.3 is 29.6 Å². The van der Waals surface area contributed by atoms with E-state index in [1.54, 1.807) is 0 Å². The third kappa shape index (κ3) is 7.36. The summed E-state index contributed by atoms with van der Waals surface area (Å²) in [6, 6.07) is 9.49. The van der Waals surface area contributed by atoms with Gasteiger partial charge in [-0.15, -0.1) is 6.58 Å². The SMILES string of the molecule is C=C[C@@H]1C[C@]1(NC(=O)[C@@H]1C[C@@](OC)(c2ccc(-c3cccn3C)cc2)CN1C(=O)[C@@H](NC(=O)OC1CCCC1)C(C)(C)C)C(=O)NS(=O)(=O)C1CC1.